The van der Waals surface area contributed by atoms with Crippen LogP contribution in [0.3, 0.4) is 0 Å². The van der Waals surface area contributed by atoms with Gasteiger partial charge in [0.25, 0.3) is 0 Å². The van der Waals surface area contributed by atoms with Crippen molar-refractivity contribution in [3.8, 4) is 5.75 Å². The summed E-state index contributed by atoms with van der Waals surface area (Å²) in [5, 5.41) is 2.04. The number of hydrogen-bond acceptors (Lipinski definition) is 2. The molecule has 0 atom stereocenters. The van der Waals surface area contributed by atoms with Crippen molar-refractivity contribution in [3.05, 3.63) is 52.0 Å². The molecule has 0 amide bonds. The summed E-state index contributed by atoms with van der Waals surface area (Å²) in [6.45, 7) is 4.78. The van der Waals surface area contributed by atoms with Crippen LogP contribution in [0.25, 0.3) is 0 Å². The maximum Gasteiger partial charge on any atom is 0.133 e. The summed E-state index contributed by atoms with van der Waals surface area (Å²) in [6.07, 6.45) is 0. The van der Waals surface area contributed by atoms with Crippen LogP contribution < -0.4 is 4.74 Å². The van der Waals surface area contributed by atoms with Gasteiger partial charge in [-0.3, -0.25) is 0 Å². The fourth-order valence-electron chi connectivity index (χ4n) is 1.59. The summed E-state index contributed by atoms with van der Waals surface area (Å²) < 4.78 is 18.5. The van der Waals surface area contributed by atoms with Crippen LogP contribution in [-0.2, 0) is 6.61 Å². The van der Waals surface area contributed by atoms with Gasteiger partial charge in [0.1, 0.15) is 18.2 Å². The molecule has 2 rings (SSSR count). The van der Waals surface area contributed by atoms with Crippen molar-refractivity contribution in [2.75, 3.05) is 0 Å². The quantitative estimate of drug-likeness (QED) is 0.771. The molecule has 3 heteroatoms. The van der Waals surface area contributed by atoms with E-state index >= 15 is 0 Å². The lowest BCUT2D eigenvalue weighted by molar-refractivity contribution is 0.303. The van der Waals surface area contributed by atoms with Gasteiger partial charge in [0.15, 0.2) is 0 Å². The number of benzene rings is 1. The molecule has 90 valence electrons. The van der Waals surface area contributed by atoms with Crippen molar-refractivity contribution in [2.24, 2.45) is 0 Å². The van der Waals surface area contributed by atoms with Gasteiger partial charge < -0.3 is 4.74 Å². The molecule has 0 saturated carbocycles. The van der Waals surface area contributed by atoms with E-state index < -0.39 is 0 Å². The first-order chi connectivity index (χ1) is 8.16. The van der Waals surface area contributed by atoms with E-state index in [1.165, 1.54) is 17.0 Å². The molecule has 1 heterocycles. The first-order valence-corrected chi connectivity index (χ1v) is 6.49. The molecule has 1 aromatic heterocycles. The van der Waals surface area contributed by atoms with Gasteiger partial charge in [-0.15, -0.1) is 11.3 Å². The highest BCUT2D eigenvalue weighted by molar-refractivity contribution is 7.10. The number of rotatable bonds is 4. The summed E-state index contributed by atoms with van der Waals surface area (Å²) in [5.41, 5.74) is 0.979. The maximum atomic E-state index is 12.7. The number of thiophene rings is 1. The molecule has 0 N–H and O–H groups in total. The largest absolute Gasteiger partial charge is 0.488 e. The highest BCUT2D eigenvalue weighted by atomic mass is 32.1. The minimum Gasteiger partial charge on any atom is -0.488 e. The predicted molar refractivity (Wildman–Crippen MR) is 69.1 cm³/mol. The fourth-order valence-corrected chi connectivity index (χ4v) is 2.44. The van der Waals surface area contributed by atoms with Crippen LogP contribution in [0.15, 0.2) is 35.7 Å². The Morgan fingerprint density at radius 1 is 1.18 bits per heavy atom. The third-order valence-electron chi connectivity index (χ3n) is 2.49. The molecule has 0 fully saturated rings. The second-order valence-electron chi connectivity index (χ2n) is 4.22. The van der Waals surface area contributed by atoms with Gasteiger partial charge in [0.05, 0.1) is 0 Å². The molecule has 0 spiro atoms. The number of hydrogen-bond donors (Lipinski definition) is 0. The molecule has 0 aliphatic heterocycles. The second-order valence-corrected chi connectivity index (χ2v) is 5.17. The van der Waals surface area contributed by atoms with Crippen molar-refractivity contribution in [1.29, 1.82) is 0 Å². The van der Waals surface area contributed by atoms with Crippen LogP contribution in [0.5, 0.6) is 5.75 Å². The van der Waals surface area contributed by atoms with E-state index in [1.807, 2.05) is 11.4 Å². The zero-order chi connectivity index (χ0) is 12.3. The maximum absolute atomic E-state index is 12.7. The predicted octanol–water partition coefficient (Wildman–Crippen LogP) is 4.59. The normalized spacial score (nSPS) is 10.8. The molecule has 0 unspecified atom stereocenters. The van der Waals surface area contributed by atoms with Gasteiger partial charge in [-0.05, 0) is 35.1 Å². The molecule has 1 nitrogen and oxygen atoms in total. The zero-order valence-corrected chi connectivity index (χ0v) is 10.8. The molecule has 0 radical (unpaired) electrons. The third kappa shape index (κ3) is 3.07. The van der Waals surface area contributed by atoms with Gasteiger partial charge in [0.2, 0.25) is 0 Å². The Balaban J connectivity index is 2.02. The summed E-state index contributed by atoms with van der Waals surface area (Å²) in [5.74, 6) is 1.19. The number of ether oxygens (including phenoxy) is 1. The molecule has 0 aliphatic rings. The van der Waals surface area contributed by atoms with Crippen molar-refractivity contribution in [2.45, 2.75) is 26.4 Å². The Bertz CT molecular complexity index is 473. The molecule has 0 saturated heterocycles. The van der Waals surface area contributed by atoms with Crippen molar-refractivity contribution >= 4 is 11.3 Å². The highest BCUT2D eigenvalue weighted by Gasteiger charge is 2.09. The van der Waals surface area contributed by atoms with E-state index in [0.29, 0.717) is 12.5 Å². The van der Waals surface area contributed by atoms with E-state index in [4.69, 9.17) is 4.74 Å². The van der Waals surface area contributed by atoms with Crippen LogP contribution in [0, 0.1) is 5.82 Å². The molecule has 1 aromatic carbocycles. The molecule has 0 aliphatic carbocycles. The zero-order valence-electron chi connectivity index (χ0n) is 9.94. The van der Waals surface area contributed by atoms with E-state index in [-0.39, 0.29) is 5.82 Å². The van der Waals surface area contributed by atoms with Crippen LogP contribution >= 0.6 is 11.3 Å². The summed E-state index contributed by atoms with van der Waals surface area (Å²) in [6, 6.07) is 8.39. The molecular weight excluding hydrogens is 235 g/mol. The van der Waals surface area contributed by atoms with Crippen LogP contribution in [0.4, 0.5) is 4.39 Å². The molecule has 2 aromatic rings. The Morgan fingerprint density at radius 2 is 1.88 bits per heavy atom. The first kappa shape index (κ1) is 12.1. The average Bonchev–Trinajstić information content (AvgIpc) is 2.76. The van der Waals surface area contributed by atoms with E-state index in [1.54, 1.807) is 23.5 Å². The summed E-state index contributed by atoms with van der Waals surface area (Å²) in [7, 11) is 0. The standard InChI is InChI=1S/C14H15FOS/c1-10(2)14-13(7-8-17-14)16-9-11-3-5-12(15)6-4-11/h3-8,10H,9H2,1-2H3. The Labute approximate surface area is 105 Å². The summed E-state index contributed by atoms with van der Waals surface area (Å²) in [4.78, 5) is 1.26. The molecule has 17 heavy (non-hydrogen) atoms. The van der Waals surface area contributed by atoms with Crippen molar-refractivity contribution in [3.63, 3.8) is 0 Å². The van der Waals surface area contributed by atoms with E-state index in [9.17, 15) is 4.39 Å². The van der Waals surface area contributed by atoms with Crippen LogP contribution in [0.1, 0.15) is 30.2 Å². The minimum absolute atomic E-state index is 0.216. The van der Waals surface area contributed by atoms with Gasteiger partial charge in [-0.2, -0.15) is 0 Å². The SMILES string of the molecule is CC(C)c1sccc1OCc1ccc(F)cc1. The molecule has 0 bridgehead atoms. The van der Waals surface area contributed by atoms with Crippen LogP contribution in [-0.4, -0.2) is 0 Å². The minimum atomic E-state index is -0.216. The average molecular weight is 250 g/mol. The van der Waals surface area contributed by atoms with Gasteiger partial charge in [0, 0.05) is 4.88 Å². The first-order valence-electron chi connectivity index (χ1n) is 5.61. The molecular formula is C14H15FOS. The smallest absolute Gasteiger partial charge is 0.133 e. The Kier molecular flexibility index (Phi) is 3.79. The Morgan fingerprint density at radius 3 is 2.53 bits per heavy atom. The monoisotopic (exact) mass is 250 g/mol. The number of halogens is 1. The lowest BCUT2D eigenvalue weighted by Crippen LogP contribution is -1.97. The topological polar surface area (TPSA) is 9.23 Å². The summed E-state index contributed by atoms with van der Waals surface area (Å²) >= 11 is 1.71. The second kappa shape index (κ2) is 5.32. The van der Waals surface area contributed by atoms with Gasteiger partial charge >= 0.3 is 0 Å². The lowest BCUT2D eigenvalue weighted by Gasteiger charge is -2.09. The van der Waals surface area contributed by atoms with E-state index in [0.717, 1.165) is 11.3 Å². The van der Waals surface area contributed by atoms with Gasteiger partial charge in [-0.25, -0.2) is 4.39 Å². The van der Waals surface area contributed by atoms with Crippen molar-refractivity contribution < 1.29 is 9.13 Å². The highest BCUT2D eigenvalue weighted by Crippen LogP contribution is 2.32. The van der Waals surface area contributed by atoms with Gasteiger partial charge in [-0.1, -0.05) is 26.0 Å². The van der Waals surface area contributed by atoms with Crippen molar-refractivity contribution in [1.82, 2.24) is 0 Å². The van der Waals surface area contributed by atoms with Crippen LogP contribution in [0.2, 0.25) is 0 Å². The Hall–Kier alpha value is -1.35. The fraction of sp³-hybridized carbons (Fsp3) is 0.286. The van der Waals surface area contributed by atoms with E-state index in [2.05, 4.69) is 13.8 Å². The third-order valence-corrected chi connectivity index (χ3v) is 3.69. The lowest BCUT2D eigenvalue weighted by atomic mass is 10.2.